The Morgan fingerprint density at radius 1 is 1.22 bits per heavy atom. The van der Waals surface area contributed by atoms with Crippen molar-refractivity contribution in [2.75, 3.05) is 0 Å². The summed E-state index contributed by atoms with van der Waals surface area (Å²) >= 11 is 3.48. The van der Waals surface area contributed by atoms with Gasteiger partial charge in [0.15, 0.2) is 18.0 Å². The van der Waals surface area contributed by atoms with Gasteiger partial charge in [0.25, 0.3) is 0 Å². The molecular formula is C14H12BrN2O+. The number of benzene rings is 1. The van der Waals surface area contributed by atoms with Gasteiger partial charge in [-0.3, -0.25) is 0 Å². The molecule has 18 heavy (non-hydrogen) atoms. The smallest absolute Gasteiger partial charge is 0.233 e. The minimum atomic E-state index is 0.646. The predicted molar refractivity (Wildman–Crippen MR) is 73.1 cm³/mol. The molecule has 3 aromatic rings. The summed E-state index contributed by atoms with van der Waals surface area (Å²) in [6.07, 6.45) is 3.97. The number of pyridine rings is 1. The van der Waals surface area contributed by atoms with E-state index in [0.717, 1.165) is 21.1 Å². The zero-order valence-corrected chi connectivity index (χ0v) is 11.7. The molecule has 0 spiro atoms. The molecule has 0 radical (unpaired) electrons. The number of oxazole rings is 1. The third kappa shape index (κ3) is 2.04. The van der Waals surface area contributed by atoms with Gasteiger partial charge in [-0.05, 0) is 46.6 Å². The highest BCUT2D eigenvalue weighted by Gasteiger charge is 2.12. The maximum atomic E-state index is 5.80. The summed E-state index contributed by atoms with van der Waals surface area (Å²) in [4.78, 5) is 4.51. The van der Waals surface area contributed by atoms with Crippen LogP contribution in [0.15, 0.2) is 45.5 Å². The predicted octanol–water partition coefficient (Wildman–Crippen LogP) is 3.39. The Kier molecular flexibility index (Phi) is 2.67. The van der Waals surface area contributed by atoms with E-state index in [0.29, 0.717) is 5.89 Å². The molecule has 3 nitrogen and oxygen atoms in total. The molecule has 0 bridgehead atoms. The Hall–Kier alpha value is -1.68. The first-order valence-electron chi connectivity index (χ1n) is 5.65. The first-order chi connectivity index (χ1) is 8.61. The monoisotopic (exact) mass is 303 g/mol. The molecule has 90 valence electrons. The fourth-order valence-corrected chi connectivity index (χ4v) is 2.52. The number of rotatable bonds is 1. The molecule has 0 atom stereocenters. The van der Waals surface area contributed by atoms with Gasteiger partial charge < -0.3 is 4.42 Å². The lowest BCUT2D eigenvalue weighted by atomic mass is 10.2. The van der Waals surface area contributed by atoms with Gasteiger partial charge in [-0.15, -0.1) is 0 Å². The third-order valence-corrected chi connectivity index (χ3v) is 3.19. The van der Waals surface area contributed by atoms with Crippen LogP contribution < -0.4 is 4.57 Å². The van der Waals surface area contributed by atoms with Gasteiger partial charge in [0.05, 0.1) is 4.47 Å². The zero-order chi connectivity index (χ0) is 12.7. The zero-order valence-electron chi connectivity index (χ0n) is 10.1. The van der Waals surface area contributed by atoms with Crippen LogP contribution >= 0.6 is 15.9 Å². The maximum absolute atomic E-state index is 5.80. The van der Waals surface area contributed by atoms with Gasteiger partial charge in [-0.1, -0.05) is 6.07 Å². The quantitative estimate of drug-likeness (QED) is 0.645. The van der Waals surface area contributed by atoms with E-state index in [1.54, 1.807) is 0 Å². The van der Waals surface area contributed by atoms with Crippen molar-refractivity contribution in [3.8, 4) is 11.5 Å². The van der Waals surface area contributed by atoms with Crippen molar-refractivity contribution in [2.45, 2.75) is 6.92 Å². The van der Waals surface area contributed by atoms with E-state index in [1.165, 1.54) is 5.56 Å². The molecule has 4 heteroatoms. The van der Waals surface area contributed by atoms with Crippen molar-refractivity contribution in [1.82, 2.24) is 4.98 Å². The van der Waals surface area contributed by atoms with Crippen molar-refractivity contribution in [3.63, 3.8) is 0 Å². The van der Waals surface area contributed by atoms with E-state index in [2.05, 4.69) is 20.9 Å². The summed E-state index contributed by atoms with van der Waals surface area (Å²) in [5, 5.41) is 0. The molecule has 2 heterocycles. The second kappa shape index (κ2) is 4.21. The summed E-state index contributed by atoms with van der Waals surface area (Å²) in [5.41, 5.74) is 3.84. The van der Waals surface area contributed by atoms with Crippen LogP contribution in [0.25, 0.3) is 22.6 Å². The van der Waals surface area contributed by atoms with E-state index < -0.39 is 0 Å². The van der Waals surface area contributed by atoms with Crippen LogP contribution in [0.2, 0.25) is 0 Å². The van der Waals surface area contributed by atoms with Crippen LogP contribution in [0.3, 0.4) is 0 Å². The van der Waals surface area contributed by atoms with Gasteiger partial charge in [0, 0.05) is 0 Å². The van der Waals surface area contributed by atoms with Crippen LogP contribution in [0.1, 0.15) is 5.56 Å². The minimum Gasteiger partial charge on any atom is -0.436 e. The lowest BCUT2D eigenvalue weighted by Crippen LogP contribution is -2.26. The van der Waals surface area contributed by atoms with Gasteiger partial charge >= 0.3 is 0 Å². The average Bonchev–Trinajstić information content (AvgIpc) is 2.70. The number of hydrogen-bond acceptors (Lipinski definition) is 2. The number of aromatic nitrogens is 2. The topological polar surface area (TPSA) is 29.9 Å². The van der Waals surface area contributed by atoms with E-state index in [-0.39, 0.29) is 0 Å². The summed E-state index contributed by atoms with van der Waals surface area (Å²) < 4.78 is 8.77. The Morgan fingerprint density at radius 3 is 2.83 bits per heavy atom. The van der Waals surface area contributed by atoms with Crippen LogP contribution in [0.5, 0.6) is 0 Å². The standard InChI is InChI=1S/C14H12BrN2O/c1-9-3-4-12-13(5-9)18-14(16-12)10-6-11(15)8-17(2)7-10/h3-8H,1-2H3/q+1. The molecule has 0 aliphatic carbocycles. The molecule has 0 amide bonds. The molecule has 0 aliphatic heterocycles. The number of aryl methyl sites for hydroxylation is 2. The van der Waals surface area contributed by atoms with E-state index >= 15 is 0 Å². The normalized spacial score (nSPS) is 11.1. The molecule has 3 rings (SSSR count). The Morgan fingerprint density at radius 2 is 2.06 bits per heavy atom. The van der Waals surface area contributed by atoms with Crippen molar-refractivity contribution in [3.05, 3.63) is 46.7 Å². The van der Waals surface area contributed by atoms with Crippen molar-refractivity contribution in [2.24, 2.45) is 7.05 Å². The molecule has 0 saturated heterocycles. The molecule has 0 fully saturated rings. The van der Waals surface area contributed by atoms with Gasteiger partial charge in [-0.2, -0.15) is 0 Å². The highest BCUT2D eigenvalue weighted by Crippen LogP contribution is 2.25. The molecule has 0 saturated carbocycles. The summed E-state index contributed by atoms with van der Waals surface area (Å²) in [5.74, 6) is 0.646. The molecule has 0 N–H and O–H groups in total. The number of halogens is 1. The Labute approximate surface area is 113 Å². The number of nitrogens with zero attached hydrogens (tertiary/aromatic N) is 2. The second-order valence-corrected chi connectivity index (χ2v) is 5.31. The average molecular weight is 304 g/mol. The molecular weight excluding hydrogens is 292 g/mol. The molecule has 2 aromatic heterocycles. The molecule has 1 aromatic carbocycles. The molecule has 0 unspecified atom stereocenters. The van der Waals surface area contributed by atoms with Crippen LogP contribution in [-0.4, -0.2) is 4.98 Å². The SMILES string of the molecule is Cc1ccc2nc(-c3cc(Br)c[n+](C)c3)oc2c1. The van der Waals surface area contributed by atoms with Crippen molar-refractivity contribution < 1.29 is 8.98 Å². The highest BCUT2D eigenvalue weighted by atomic mass is 79.9. The number of hydrogen-bond donors (Lipinski definition) is 0. The number of fused-ring (bicyclic) bond motifs is 1. The second-order valence-electron chi connectivity index (χ2n) is 4.40. The van der Waals surface area contributed by atoms with Crippen LogP contribution in [0, 0.1) is 6.92 Å². The van der Waals surface area contributed by atoms with Crippen LogP contribution in [-0.2, 0) is 7.05 Å². The first-order valence-corrected chi connectivity index (χ1v) is 6.44. The fraction of sp³-hybridized carbons (Fsp3) is 0.143. The summed E-state index contributed by atoms with van der Waals surface area (Å²) in [6, 6.07) is 8.02. The molecule has 0 aliphatic rings. The van der Waals surface area contributed by atoms with E-state index in [4.69, 9.17) is 4.42 Å². The van der Waals surface area contributed by atoms with Gasteiger partial charge in [0.1, 0.15) is 18.1 Å². The largest absolute Gasteiger partial charge is 0.436 e. The first kappa shape index (κ1) is 11.4. The third-order valence-electron chi connectivity index (χ3n) is 2.75. The van der Waals surface area contributed by atoms with Gasteiger partial charge in [0.2, 0.25) is 5.89 Å². The van der Waals surface area contributed by atoms with Crippen molar-refractivity contribution in [1.29, 1.82) is 0 Å². The Balaban J connectivity index is 2.19. The highest BCUT2D eigenvalue weighted by molar-refractivity contribution is 9.10. The maximum Gasteiger partial charge on any atom is 0.233 e. The van der Waals surface area contributed by atoms with Gasteiger partial charge in [-0.25, -0.2) is 9.55 Å². The fourth-order valence-electron chi connectivity index (χ4n) is 1.95. The van der Waals surface area contributed by atoms with E-state index in [9.17, 15) is 0 Å². The van der Waals surface area contributed by atoms with E-state index in [1.807, 2.05) is 55.2 Å². The van der Waals surface area contributed by atoms with Crippen molar-refractivity contribution >= 4 is 27.0 Å². The lowest BCUT2D eigenvalue weighted by molar-refractivity contribution is -0.671. The summed E-state index contributed by atoms with van der Waals surface area (Å²) in [6.45, 7) is 2.04. The minimum absolute atomic E-state index is 0.646. The summed E-state index contributed by atoms with van der Waals surface area (Å²) in [7, 11) is 1.97. The lowest BCUT2D eigenvalue weighted by Gasteiger charge is -1.94. The van der Waals surface area contributed by atoms with Crippen LogP contribution in [0.4, 0.5) is 0 Å². The Bertz CT molecular complexity index is 713.